The van der Waals surface area contributed by atoms with Gasteiger partial charge in [-0.1, -0.05) is 39.1 Å². The lowest BCUT2D eigenvalue weighted by molar-refractivity contribution is 0.302. The highest BCUT2D eigenvalue weighted by atomic mass is 79.9. The van der Waals surface area contributed by atoms with Gasteiger partial charge in [-0.15, -0.1) is 0 Å². The van der Waals surface area contributed by atoms with Crippen molar-refractivity contribution in [1.82, 2.24) is 5.32 Å². The molecule has 0 aliphatic rings. The van der Waals surface area contributed by atoms with Gasteiger partial charge in [0.15, 0.2) is 0 Å². The van der Waals surface area contributed by atoms with Crippen LogP contribution in [0.1, 0.15) is 11.1 Å². The summed E-state index contributed by atoms with van der Waals surface area (Å²) in [5.41, 5.74) is 1.56. The Morgan fingerprint density at radius 1 is 1.19 bits per heavy atom. The fourth-order valence-corrected chi connectivity index (χ4v) is 3.05. The zero-order chi connectivity index (χ0) is 15.4. The van der Waals surface area contributed by atoms with Crippen molar-refractivity contribution in [3.8, 4) is 5.75 Å². The molecular weight excluding hydrogens is 380 g/mol. The largest absolute Gasteiger partial charge is 0.487 e. The molecule has 0 aliphatic carbocycles. The molecule has 1 N–H and O–H groups in total. The smallest absolute Gasteiger partial charge is 0.142 e. The van der Waals surface area contributed by atoms with Crippen molar-refractivity contribution >= 4 is 39.1 Å². The monoisotopic (exact) mass is 391 g/mol. The van der Waals surface area contributed by atoms with Crippen LogP contribution in [0.2, 0.25) is 10.0 Å². The van der Waals surface area contributed by atoms with Crippen LogP contribution in [0.25, 0.3) is 0 Å². The lowest BCUT2D eigenvalue weighted by atomic mass is 10.2. The summed E-state index contributed by atoms with van der Waals surface area (Å²) in [6.07, 6.45) is 0. The van der Waals surface area contributed by atoms with Crippen LogP contribution in [0, 0.1) is 5.82 Å². The molecule has 21 heavy (non-hydrogen) atoms. The van der Waals surface area contributed by atoms with E-state index in [9.17, 15) is 4.39 Å². The Morgan fingerprint density at radius 3 is 2.62 bits per heavy atom. The third-order valence-electron chi connectivity index (χ3n) is 2.76. The van der Waals surface area contributed by atoms with Crippen molar-refractivity contribution in [3.05, 3.63) is 61.8 Å². The first-order chi connectivity index (χ1) is 9.99. The quantitative estimate of drug-likeness (QED) is 0.755. The van der Waals surface area contributed by atoms with Gasteiger partial charge in [-0.2, -0.15) is 0 Å². The van der Waals surface area contributed by atoms with Crippen molar-refractivity contribution in [2.45, 2.75) is 13.2 Å². The van der Waals surface area contributed by atoms with Gasteiger partial charge in [0.25, 0.3) is 0 Å². The number of hydrogen-bond acceptors (Lipinski definition) is 2. The Kier molecular flexibility index (Phi) is 5.88. The Balaban J connectivity index is 2.22. The molecule has 0 saturated carbocycles. The van der Waals surface area contributed by atoms with Crippen molar-refractivity contribution < 1.29 is 9.13 Å². The molecule has 0 atom stereocenters. The van der Waals surface area contributed by atoms with E-state index in [0.29, 0.717) is 32.4 Å². The van der Waals surface area contributed by atoms with Crippen LogP contribution in [-0.2, 0) is 13.2 Å². The highest BCUT2D eigenvalue weighted by molar-refractivity contribution is 9.10. The molecule has 2 aromatic rings. The van der Waals surface area contributed by atoms with E-state index >= 15 is 0 Å². The van der Waals surface area contributed by atoms with Crippen molar-refractivity contribution in [2.75, 3.05) is 7.05 Å². The number of nitrogens with one attached hydrogen (secondary N) is 1. The summed E-state index contributed by atoms with van der Waals surface area (Å²) in [5.74, 6) is 0.233. The molecule has 0 aromatic heterocycles. The highest BCUT2D eigenvalue weighted by Gasteiger charge is 2.11. The molecule has 112 valence electrons. The Labute approximate surface area is 141 Å². The second-order valence-corrected chi connectivity index (χ2v) is 6.23. The molecule has 2 rings (SSSR count). The third-order valence-corrected chi connectivity index (χ3v) is 3.71. The molecule has 0 unspecified atom stereocenters. The van der Waals surface area contributed by atoms with Crippen LogP contribution in [0.3, 0.4) is 0 Å². The molecular formula is C15H13BrCl2FNO. The summed E-state index contributed by atoms with van der Waals surface area (Å²) in [6.45, 7) is 0.789. The standard InChI is InChI=1S/C15H13BrCl2FNO/c1-20-7-10-4-12(17)6-14(18)15(10)21-8-9-2-11(16)5-13(19)3-9/h2-6,20H,7-8H2,1H3. The first-order valence-electron chi connectivity index (χ1n) is 6.20. The number of rotatable bonds is 5. The van der Waals surface area contributed by atoms with E-state index in [2.05, 4.69) is 21.2 Å². The predicted octanol–water partition coefficient (Wildman–Crippen LogP) is 5.19. The lowest BCUT2D eigenvalue weighted by Gasteiger charge is -2.14. The van der Waals surface area contributed by atoms with Crippen molar-refractivity contribution in [2.24, 2.45) is 0 Å². The van der Waals surface area contributed by atoms with E-state index in [0.717, 1.165) is 5.56 Å². The Morgan fingerprint density at radius 2 is 1.95 bits per heavy atom. The zero-order valence-electron chi connectivity index (χ0n) is 11.2. The normalized spacial score (nSPS) is 10.7. The molecule has 2 nitrogen and oxygen atoms in total. The maximum atomic E-state index is 13.3. The molecule has 0 heterocycles. The molecule has 0 saturated heterocycles. The summed E-state index contributed by atoms with van der Waals surface area (Å²) < 4.78 is 19.8. The molecule has 0 fully saturated rings. The van der Waals surface area contributed by atoms with Gasteiger partial charge in [0.1, 0.15) is 18.2 Å². The van der Waals surface area contributed by atoms with Gasteiger partial charge in [-0.3, -0.25) is 0 Å². The molecule has 0 spiro atoms. The van der Waals surface area contributed by atoms with Gasteiger partial charge in [0.2, 0.25) is 0 Å². The summed E-state index contributed by atoms with van der Waals surface area (Å²) in [5, 5.41) is 4.01. The zero-order valence-corrected chi connectivity index (χ0v) is 14.3. The third kappa shape index (κ3) is 4.58. The summed E-state index contributed by atoms with van der Waals surface area (Å²) in [4.78, 5) is 0. The second kappa shape index (κ2) is 7.45. The van der Waals surface area contributed by atoms with Crippen LogP contribution in [-0.4, -0.2) is 7.05 Å². The number of hydrogen-bond donors (Lipinski definition) is 1. The van der Waals surface area contributed by atoms with E-state index in [-0.39, 0.29) is 12.4 Å². The topological polar surface area (TPSA) is 21.3 Å². The van der Waals surface area contributed by atoms with Gasteiger partial charge in [0.05, 0.1) is 5.02 Å². The fourth-order valence-electron chi connectivity index (χ4n) is 1.95. The summed E-state index contributed by atoms with van der Waals surface area (Å²) in [6, 6.07) is 8.03. The molecule has 6 heteroatoms. The summed E-state index contributed by atoms with van der Waals surface area (Å²) in [7, 11) is 1.82. The SMILES string of the molecule is CNCc1cc(Cl)cc(Cl)c1OCc1cc(F)cc(Br)c1. The molecule has 0 amide bonds. The highest BCUT2D eigenvalue weighted by Crippen LogP contribution is 2.33. The van der Waals surface area contributed by atoms with E-state index in [1.165, 1.54) is 12.1 Å². The molecule has 0 aliphatic heterocycles. The first kappa shape index (κ1) is 16.6. The van der Waals surface area contributed by atoms with Gasteiger partial charge >= 0.3 is 0 Å². The predicted molar refractivity (Wildman–Crippen MR) is 87.7 cm³/mol. The minimum atomic E-state index is -0.319. The van der Waals surface area contributed by atoms with Crippen LogP contribution >= 0.6 is 39.1 Å². The van der Waals surface area contributed by atoms with Gasteiger partial charge in [-0.05, 0) is 42.9 Å². The molecule has 0 bridgehead atoms. The first-order valence-corrected chi connectivity index (χ1v) is 7.75. The van der Waals surface area contributed by atoms with Crippen LogP contribution in [0.15, 0.2) is 34.8 Å². The van der Waals surface area contributed by atoms with E-state index < -0.39 is 0 Å². The molecule has 2 aromatic carbocycles. The minimum absolute atomic E-state index is 0.217. The van der Waals surface area contributed by atoms with Gasteiger partial charge in [-0.25, -0.2) is 4.39 Å². The van der Waals surface area contributed by atoms with Crippen LogP contribution in [0.5, 0.6) is 5.75 Å². The fraction of sp³-hybridized carbons (Fsp3) is 0.200. The van der Waals surface area contributed by atoms with Crippen LogP contribution < -0.4 is 10.1 Å². The number of halogens is 4. The second-order valence-electron chi connectivity index (χ2n) is 4.47. The maximum Gasteiger partial charge on any atom is 0.142 e. The lowest BCUT2D eigenvalue weighted by Crippen LogP contribution is -2.08. The number of benzene rings is 2. The van der Waals surface area contributed by atoms with Gasteiger partial charge in [0, 0.05) is 21.6 Å². The summed E-state index contributed by atoms with van der Waals surface area (Å²) >= 11 is 15.4. The number of ether oxygens (including phenoxy) is 1. The maximum absolute atomic E-state index is 13.3. The average Bonchev–Trinajstić information content (AvgIpc) is 2.36. The molecule has 0 radical (unpaired) electrons. The van der Waals surface area contributed by atoms with Crippen molar-refractivity contribution in [1.29, 1.82) is 0 Å². The van der Waals surface area contributed by atoms with E-state index in [1.54, 1.807) is 18.2 Å². The van der Waals surface area contributed by atoms with Crippen LogP contribution in [0.4, 0.5) is 4.39 Å². The van der Waals surface area contributed by atoms with Gasteiger partial charge < -0.3 is 10.1 Å². The van der Waals surface area contributed by atoms with Crippen molar-refractivity contribution in [3.63, 3.8) is 0 Å². The average molecular weight is 393 g/mol. The Hall–Kier alpha value is -0.810. The van der Waals surface area contributed by atoms with E-state index in [4.69, 9.17) is 27.9 Å². The van der Waals surface area contributed by atoms with E-state index in [1.807, 2.05) is 7.05 Å². The minimum Gasteiger partial charge on any atom is -0.487 e. The Bertz CT molecular complexity index is 632.